The Balaban J connectivity index is 1.69. The number of hydrogen-bond acceptors (Lipinski definition) is 5. The minimum atomic E-state index is -0.166. The minimum Gasteiger partial charge on any atom is -0.300 e. The summed E-state index contributed by atoms with van der Waals surface area (Å²) < 4.78 is 2.94. The molecule has 1 N–H and O–H groups in total. The largest absolute Gasteiger partial charge is 0.300 e. The van der Waals surface area contributed by atoms with Crippen molar-refractivity contribution in [1.82, 2.24) is 30.5 Å². The van der Waals surface area contributed by atoms with E-state index in [9.17, 15) is 0 Å². The number of pyridine rings is 1. The molecule has 152 valence electrons. The first-order valence-electron chi connectivity index (χ1n) is 10.2. The number of tetrazole rings is 1. The van der Waals surface area contributed by atoms with Crippen LogP contribution in [0.4, 0.5) is 0 Å². The lowest BCUT2D eigenvalue weighted by Crippen LogP contribution is -2.34. The molecule has 1 saturated carbocycles. The second kappa shape index (κ2) is 8.71. The first kappa shape index (κ1) is 20.2. The summed E-state index contributed by atoms with van der Waals surface area (Å²) in [6.45, 7) is 9.17. The molecule has 1 fully saturated rings. The lowest BCUT2D eigenvalue weighted by Gasteiger charge is -2.23. The Bertz CT molecular complexity index is 1010. The average Bonchev–Trinajstić information content (AvgIpc) is 3.40. The molecule has 2 aromatic heterocycles. The third-order valence-corrected chi connectivity index (χ3v) is 6.03. The lowest BCUT2D eigenvalue weighted by molar-refractivity contribution is 0.427. The first-order valence-corrected chi connectivity index (χ1v) is 11.0. The molecule has 2 heterocycles. The molecule has 0 spiro atoms. The normalized spacial score (nSPS) is 16.1. The molecule has 1 aromatic carbocycles. The van der Waals surface area contributed by atoms with Crippen molar-refractivity contribution in [2.45, 2.75) is 58.2 Å². The number of allylic oxidation sites excluding steroid dienone is 1. The maximum atomic E-state index is 4.98. The Morgan fingerprint density at radius 2 is 2.14 bits per heavy atom. The summed E-state index contributed by atoms with van der Waals surface area (Å²) in [6.07, 6.45) is 4.51. The summed E-state index contributed by atoms with van der Waals surface area (Å²) in [7, 11) is 0. The van der Waals surface area contributed by atoms with E-state index in [1.807, 2.05) is 16.8 Å². The first-order chi connectivity index (χ1) is 14.0. The number of fused-ring (bicyclic) bond motifs is 1. The summed E-state index contributed by atoms with van der Waals surface area (Å²) in [6, 6.07) is 10.4. The van der Waals surface area contributed by atoms with E-state index in [-0.39, 0.29) is 12.1 Å². The van der Waals surface area contributed by atoms with Crippen LogP contribution in [0.15, 0.2) is 47.0 Å². The van der Waals surface area contributed by atoms with Crippen LogP contribution in [-0.4, -0.2) is 31.2 Å². The second-order valence-electron chi connectivity index (χ2n) is 8.21. The van der Waals surface area contributed by atoms with Crippen LogP contribution in [0.3, 0.4) is 0 Å². The van der Waals surface area contributed by atoms with E-state index in [0.717, 1.165) is 46.3 Å². The highest BCUT2D eigenvalue weighted by Gasteiger charge is 2.28. The molecule has 0 radical (unpaired) electrons. The highest BCUT2D eigenvalue weighted by atomic mass is 79.9. The van der Waals surface area contributed by atoms with Gasteiger partial charge < -0.3 is 0 Å². The maximum absolute atomic E-state index is 4.98. The van der Waals surface area contributed by atoms with E-state index in [0.29, 0.717) is 5.92 Å². The third-order valence-electron chi connectivity index (χ3n) is 5.39. The SMILES string of the molecule is C=C(C)CCC(C)NC(c1ccc2cccc(Br)c2n1)c1nnnn1CC1CC1. The second-order valence-corrected chi connectivity index (χ2v) is 9.06. The van der Waals surface area contributed by atoms with Crippen molar-refractivity contribution >= 4 is 26.8 Å². The summed E-state index contributed by atoms with van der Waals surface area (Å²) in [5, 5.41) is 17.5. The molecule has 3 aromatic rings. The van der Waals surface area contributed by atoms with Gasteiger partial charge >= 0.3 is 0 Å². The number of benzene rings is 1. The predicted octanol–water partition coefficient (Wildman–Crippen LogP) is 4.82. The van der Waals surface area contributed by atoms with Crippen LogP contribution in [-0.2, 0) is 6.54 Å². The van der Waals surface area contributed by atoms with Gasteiger partial charge in [0, 0.05) is 22.4 Å². The number of nitrogens with zero attached hydrogens (tertiary/aromatic N) is 5. The van der Waals surface area contributed by atoms with Gasteiger partial charge in [-0.15, -0.1) is 11.7 Å². The Hall–Kier alpha value is -2.12. The van der Waals surface area contributed by atoms with Crippen molar-refractivity contribution in [3.05, 3.63) is 58.5 Å². The Kier molecular flexibility index (Phi) is 6.06. The van der Waals surface area contributed by atoms with Crippen LogP contribution in [0.5, 0.6) is 0 Å². The molecule has 2 unspecified atom stereocenters. The number of hydrogen-bond donors (Lipinski definition) is 1. The maximum Gasteiger partial charge on any atom is 0.174 e. The van der Waals surface area contributed by atoms with Crippen molar-refractivity contribution in [2.75, 3.05) is 0 Å². The fourth-order valence-corrected chi connectivity index (χ4v) is 3.97. The molecule has 0 amide bonds. The van der Waals surface area contributed by atoms with Crippen LogP contribution in [0, 0.1) is 5.92 Å². The van der Waals surface area contributed by atoms with Crippen LogP contribution >= 0.6 is 15.9 Å². The molecule has 0 aliphatic heterocycles. The van der Waals surface area contributed by atoms with Crippen molar-refractivity contribution < 1.29 is 0 Å². The molecule has 6 nitrogen and oxygen atoms in total. The number of aromatic nitrogens is 5. The molecule has 1 aliphatic rings. The van der Waals surface area contributed by atoms with Gasteiger partial charge in [-0.3, -0.25) is 5.32 Å². The smallest absolute Gasteiger partial charge is 0.174 e. The molecule has 29 heavy (non-hydrogen) atoms. The Labute approximate surface area is 179 Å². The zero-order valence-corrected chi connectivity index (χ0v) is 18.6. The van der Waals surface area contributed by atoms with Gasteiger partial charge in [0.05, 0.1) is 11.2 Å². The molecular formula is C22H27BrN6. The molecule has 1 aliphatic carbocycles. The van der Waals surface area contributed by atoms with E-state index < -0.39 is 0 Å². The Morgan fingerprint density at radius 1 is 1.31 bits per heavy atom. The number of para-hydroxylation sites is 1. The number of halogens is 1. The van der Waals surface area contributed by atoms with Crippen LogP contribution in [0.25, 0.3) is 10.9 Å². The average molecular weight is 455 g/mol. The van der Waals surface area contributed by atoms with Crippen molar-refractivity contribution in [3.63, 3.8) is 0 Å². The van der Waals surface area contributed by atoms with E-state index in [4.69, 9.17) is 4.98 Å². The Morgan fingerprint density at radius 3 is 2.90 bits per heavy atom. The molecule has 4 rings (SSSR count). The van der Waals surface area contributed by atoms with E-state index in [1.54, 1.807) is 0 Å². The van der Waals surface area contributed by atoms with Crippen molar-refractivity contribution in [3.8, 4) is 0 Å². The zero-order valence-electron chi connectivity index (χ0n) is 17.0. The van der Waals surface area contributed by atoms with E-state index >= 15 is 0 Å². The standard InChI is InChI=1S/C22H27BrN6/c1-14(2)7-8-15(3)24-21(22-26-27-28-29(22)13-16-9-10-16)19-12-11-17-5-4-6-18(23)20(17)25-19/h4-6,11-12,15-16,21,24H,1,7-10,13H2,2-3H3. The number of rotatable bonds is 9. The predicted molar refractivity (Wildman–Crippen MR) is 118 cm³/mol. The van der Waals surface area contributed by atoms with Gasteiger partial charge in [0.15, 0.2) is 5.82 Å². The van der Waals surface area contributed by atoms with Crippen LogP contribution < -0.4 is 5.32 Å². The highest BCUT2D eigenvalue weighted by molar-refractivity contribution is 9.10. The molecule has 0 saturated heterocycles. The monoisotopic (exact) mass is 454 g/mol. The zero-order chi connectivity index (χ0) is 20.4. The fraction of sp³-hybridized carbons (Fsp3) is 0.455. The van der Waals surface area contributed by atoms with Gasteiger partial charge in [0.2, 0.25) is 0 Å². The summed E-state index contributed by atoms with van der Waals surface area (Å²) >= 11 is 3.64. The van der Waals surface area contributed by atoms with Crippen molar-refractivity contribution in [2.24, 2.45) is 5.92 Å². The molecule has 7 heteroatoms. The minimum absolute atomic E-state index is 0.166. The molecular weight excluding hydrogens is 428 g/mol. The van der Waals surface area contributed by atoms with Crippen LogP contribution in [0.2, 0.25) is 0 Å². The van der Waals surface area contributed by atoms with Gasteiger partial charge in [-0.25, -0.2) is 9.67 Å². The number of nitrogens with one attached hydrogen (secondary N) is 1. The molecule has 2 atom stereocenters. The molecule has 0 bridgehead atoms. The van der Waals surface area contributed by atoms with E-state index in [2.05, 4.69) is 75.4 Å². The van der Waals surface area contributed by atoms with Gasteiger partial charge in [-0.05, 0) is 83.9 Å². The summed E-state index contributed by atoms with van der Waals surface area (Å²) in [5.74, 6) is 1.52. The summed E-state index contributed by atoms with van der Waals surface area (Å²) in [4.78, 5) is 4.98. The summed E-state index contributed by atoms with van der Waals surface area (Å²) in [5.41, 5.74) is 3.08. The van der Waals surface area contributed by atoms with Gasteiger partial charge in [0.1, 0.15) is 6.04 Å². The quantitative estimate of drug-likeness (QED) is 0.469. The van der Waals surface area contributed by atoms with Crippen LogP contribution in [0.1, 0.15) is 57.1 Å². The van der Waals surface area contributed by atoms with Crippen molar-refractivity contribution in [1.29, 1.82) is 0 Å². The third kappa shape index (κ3) is 4.90. The van der Waals surface area contributed by atoms with Gasteiger partial charge in [-0.1, -0.05) is 23.8 Å². The lowest BCUT2D eigenvalue weighted by atomic mass is 10.1. The highest BCUT2D eigenvalue weighted by Crippen LogP contribution is 2.32. The fourth-order valence-electron chi connectivity index (χ4n) is 3.50. The van der Waals surface area contributed by atoms with Gasteiger partial charge in [-0.2, -0.15) is 0 Å². The van der Waals surface area contributed by atoms with E-state index in [1.165, 1.54) is 18.4 Å². The van der Waals surface area contributed by atoms with Gasteiger partial charge in [0.25, 0.3) is 0 Å². The topological polar surface area (TPSA) is 68.5 Å².